The van der Waals surface area contributed by atoms with Crippen LogP contribution in [0.4, 0.5) is 0 Å². The first kappa shape index (κ1) is 12.2. The van der Waals surface area contributed by atoms with Crippen LogP contribution in [-0.2, 0) is 4.79 Å². The van der Waals surface area contributed by atoms with Crippen molar-refractivity contribution < 1.29 is 4.79 Å². The molecule has 1 fully saturated rings. The van der Waals surface area contributed by atoms with Crippen LogP contribution in [0.5, 0.6) is 0 Å². The van der Waals surface area contributed by atoms with Crippen LogP contribution in [0.1, 0.15) is 17.7 Å². The molecule has 0 saturated carbocycles. The van der Waals surface area contributed by atoms with Gasteiger partial charge in [-0.05, 0) is 25.0 Å². The molecule has 4 nitrogen and oxygen atoms in total. The predicted molar refractivity (Wildman–Crippen MR) is 70.3 cm³/mol. The lowest BCUT2D eigenvalue weighted by Gasteiger charge is -2.06. The molecular formula is C12H14BrN3O. The van der Waals surface area contributed by atoms with Gasteiger partial charge >= 0.3 is 0 Å². The van der Waals surface area contributed by atoms with Gasteiger partial charge in [0.1, 0.15) is 6.04 Å². The lowest BCUT2D eigenvalue weighted by molar-refractivity contribution is -0.127. The Kier molecular flexibility index (Phi) is 3.57. The normalized spacial score (nSPS) is 20.5. The van der Waals surface area contributed by atoms with Gasteiger partial charge in [0.25, 0.3) is 0 Å². The van der Waals surface area contributed by atoms with Crippen molar-refractivity contribution in [3.8, 4) is 0 Å². The molecule has 2 rings (SSSR count). The summed E-state index contributed by atoms with van der Waals surface area (Å²) in [4.78, 5) is 21.9. The summed E-state index contributed by atoms with van der Waals surface area (Å²) in [5.41, 5.74) is 1.85. The smallest absolute Gasteiger partial charge is 0.247 e. The van der Waals surface area contributed by atoms with E-state index in [1.54, 1.807) is 24.4 Å². The summed E-state index contributed by atoms with van der Waals surface area (Å²) in [5.74, 6) is 0.0902. The highest BCUT2D eigenvalue weighted by Gasteiger charge is 2.27. The number of aromatic nitrogens is 1. The van der Waals surface area contributed by atoms with Gasteiger partial charge in [-0.25, -0.2) is 0 Å². The third kappa shape index (κ3) is 2.72. The quantitative estimate of drug-likeness (QED) is 0.781. The van der Waals surface area contributed by atoms with Gasteiger partial charge in [-0.15, -0.1) is 0 Å². The van der Waals surface area contributed by atoms with Crippen molar-refractivity contribution in [3.05, 3.63) is 28.0 Å². The topological polar surface area (TPSA) is 45.6 Å². The van der Waals surface area contributed by atoms with E-state index in [1.165, 1.54) is 0 Å². The van der Waals surface area contributed by atoms with Crippen LogP contribution >= 0.6 is 15.9 Å². The highest BCUT2D eigenvalue weighted by atomic mass is 79.9. The van der Waals surface area contributed by atoms with Crippen LogP contribution < -0.4 is 0 Å². The summed E-state index contributed by atoms with van der Waals surface area (Å²) >= 11 is 3.44. The Balaban J connectivity index is 2.10. The minimum atomic E-state index is -0.234. The van der Waals surface area contributed by atoms with Gasteiger partial charge in [0.05, 0.1) is 5.69 Å². The Labute approximate surface area is 109 Å². The van der Waals surface area contributed by atoms with Gasteiger partial charge in [0.15, 0.2) is 0 Å². The minimum Gasteiger partial charge on any atom is -0.344 e. The number of rotatable bonds is 2. The van der Waals surface area contributed by atoms with E-state index in [2.05, 4.69) is 25.9 Å². The molecule has 0 N–H and O–H groups in total. The van der Waals surface area contributed by atoms with Gasteiger partial charge in [-0.3, -0.25) is 14.8 Å². The van der Waals surface area contributed by atoms with E-state index in [9.17, 15) is 4.79 Å². The number of hydrogen-bond donors (Lipinski definition) is 0. The molecule has 1 atom stereocenters. The Morgan fingerprint density at radius 1 is 1.65 bits per heavy atom. The van der Waals surface area contributed by atoms with E-state index in [1.807, 2.05) is 13.0 Å². The first-order valence-corrected chi connectivity index (χ1v) is 6.27. The SMILES string of the molecule is Cc1cnc(C=NC2CCN(C)C2=O)cc1Br. The van der Waals surface area contributed by atoms with Crippen molar-refractivity contribution in [2.75, 3.05) is 13.6 Å². The van der Waals surface area contributed by atoms with E-state index < -0.39 is 0 Å². The molecule has 1 aromatic heterocycles. The van der Waals surface area contributed by atoms with Crippen LogP contribution in [-0.4, -0.2) is 41.6 Å². The largest absolute Gasteiger partial charge is 0.344 e. The zero-order chi connectivity index (χ0) is 12.4. The standard InChI is InChI=1S/C12H14BrN3O/c1-8-6-14-9(5-10(8)13)7-15-11-3-4-16(2)12(11)17/h5-7,11H,3-4H2,1-2H3. The number of halogens is 1. The number of aryl methyl sites for hydroxylation is 1. The van der Waals surface area contributed by atoms with Gasteiger partial charge in [-0.2, -0.15) is 0 Å². The second-order valence-corrected chi connectivity index (χ2v) is 5.06. The maximum atomic E-state index is 11.6. The van der Waals surface area contributed by atoms with Crippen LogP contribution in [0.2, 0.25) is 0 Å². The van der Waals surface area contributed by atoms with Crippen molar-refractivity contribution in [1.29, 1.82) is 0 Å². The van der Waals surface area contributed by atoms with E-state index >= 15 is 0 Å². The van der Waals surface area contributed by atoms with Crippen LogP contribution in [0, 0.1) is 6.92 Å². The Morgan fingerprint density at radius 2 is 2.41 bits per heavy atom. The molecule has 1 amide bonds. The molecule has 1 aromatic rings. The maximum absolute atomic E-state index is 11.6. The zero-order valence-electron chi connectivity index (χ0n) is 9.85. The summed E-state index contributed by atoms with van der Waals surface area (Å²) < 4.78 is 1.00. The molecule has 17 heavy (non-hydrogen) atoms. The fraction of sp³-hybridized carbons (Fsp3) is 0.417. The molecule has 1 aliphatic heterocycles. The molecule has 1 saturated heterocycles. The summed E-state index contributed by atoms with van der Waals surface area (Å²) in [6, 6.07) is 1.67. The highest BCUT2D eigenvalue weighted by Crippen LogP contribution is 2.15. The van der Waals surface area contributed by atoms with Gasteiger partial charge in [0, 0.05) is 30.5 Å². The lowest BCUT2D eigenvalue weighted by Crippen LogP contribution is -2.24. The van der Waals surface area contributed by atoms with E-state index in [4.69, 9.17) is 0 Å². The highest BCUT2D eigenvalue weighted by molar-refractivity contribution is 9.10. The summed E-state index contributed by atoms with van der Waals surface area (Å²) in [5, 5.41) is 0. The first-order valence-electron chi connectivity index (χ1n) is 5.48. The van der Waals surface area contributed by atoms with Gasteiger partial charge in [-0.1, -0.05) is 15.9 Å². The molecule has 0 bridgehead atoms. The Morgan fingerprint density at radius 3 is 3.00 bits per heavy atom. The van der Waals surface area contributed by atoms with Crippen molar-refractivity contribution in [3.63, 3.8) is 0 Å². The number of aliphatic imine (C=N–C) groups is 1. The lowest BCUT2D eigenvalue weighted by atomic mass is 10.2. The number of pyridine rings is 1. The number of hydrogen-bond acceptors (Lipinski definition) is 3. The van der Waals surface area contributed by atoms with Crippen molar-refractivity contribution in [2.24, 2.45) is 4.99 Å². The fourth-order valence-electron chi connectivity index (χ4n) is 1.69. The summed E-state index contributed by atoms with van der Waals surface area (Å²) in [7, 11) is 1.80. The van der Waals surface area contributed by atoms with E-state index in [0.717, 1.165) is 28.7 Å². The average Bonchev–Trinajstić information content (AvgIpc) is 2.62. The summed E-state index contributed by atoms with van der Waals surface area (Å²) in [6.45, 7) is 2.76. The molecule has 0 aromatic carbocycles. The van der Waals surface area contributed by atoms with Crippen LogP contribution in [0.25, 0.3) is 0 Å². The van der Waals surface area contributed by atoms with Crippen molar-refractivity contribution >= 4 is 28.1 Å². The predicted octanol–water partition coefficient (Wildman–Crippen LogP) is 1.80. The minimum absolute atomic E-state index is 0.0902. The second kappa shape index (κ2) is 4.96. The first-order chi connectivity index (χ1) is 8.08. The number of likely N-dealkylation sites (N-methyl/N-ethyl adjacent to an activating group) is 1. The fourth-order valence-corrected chi connectivity index (χ4v) is 2.03. The molecule has 5 heteroatoms. The third-order valence-corrected chi connectivity index (χ3v) is 3.70. The molecular weight excluding hydrogens is 282 g/mol. The number of carbonyl (C=O) groups excluding carboxylic acids is 1. The van der Waals surface area contributed by atoms with Crippen LogP contribution in [0.15, 0.2) is 21.7 Å². The maximum Gasteiger partial charge on any atom is 0.247 e. The van der Waals surface area contributed by atoms with E-state index in [-0.39, 0.29) is 11.9 Å². The Bertz CT molecular complexity index is 473. The van der Waals surface area contributed by atoms with Gasteiger partial charge in [0.2, 0.25) is 5.91 Å². The molecule has 2 heterocycles. The van der Waals surface area contributed by atoms with E-state index in [0.29, 0.717) is 0 Å². The van der Waals surface area contributed by atoms with Crippen molar-refractivity contribution in [2.45, 2.75) is 19.4 Å². The number of likely N-dealkylation sites (tertiary alicyclic amines) is 1. The molecule has 1 unspecified atom stereocenters. The monoisotopic (exact) mass is 295 g/mol. The molecule has 90 valence electrons. The number of nitrogens with zero attached hydrogens (tertiary/aromatic N) is 3. The second-order valence-electron chi connectivity index (χ2n) is 4.20. The third-order valence-electron chi connectivity index (χ3n) is 2.84. The summed E-state index contributed by atoms with van der Waals surface area (Å²) in [6.07, 6.45) is 4.25. The molecule has 0 radical (unpaired) electrons. The number of amides is 1. The van der Waals surface area contributed by atoms with Gasteiger partial charge < -0.3 is 4.90 Å². The average molecular weight is 296 g/mol. The molecule has 0 spiro atoms. The number of carbonyl (C=O) groups is 1. The molecule has 1 aliphatic rings. The van der Waals surface area contributed by atoms with Crippen molar-refractivity contribution in [1.82, 2.24) is 9.88 Å². The Hall–Kier alpha value is -1.23. The van der Waals surface area contributed by atoms with Crippen LogP contribution in [0.3, 0.4) is 0 Å². The zero-order valence-corrected chi connectivity index (χ0v) is 11.4. The molecule has 0 aliphatic carbocycles.